The van der Waals surface area contributed by atoms with Gasteiger partial charge in [0.15, 0.2) is 5.58 Å². The van der Waals surface area contributed by atoms with Crippen molar-refractivity contribution >= 4 is 93.7 Å². The molecule has 4 nitrogen and oxygen atoms in total. The fourth-order valence-corrected chi connectivity index (χ4v) is 9.51. The van der Waals surface area contributed by atoms with E-state index < -0.39 is 0 Å². The second-order valence-electron chi connectivity index (χ2n) is 16.0. The monoisotopic (exact) mass is 793 g/mol. The lowest BCUT2D eigenvalue weighted by Gasteiger charge is -2.26. The molecule has 13 rings (SSSR count). The molecule has 0 N–H and O–H groups in total. The Kier molecular flexibility index (Phi) is 7.57. The van der Waals surface area contributed by atoms with Gasteiger partial charge in [0.2, 0.25) is 0 Å². The minimum absolute atomic E-state index is 0.828. The Balaban J connectivity index is 1.05. The van der Waals surface area contributed by atoms with Crippen LogP contribution in [0.4, 0.5) is 17.1 Å². The van der Waals surface area contributed by atoms with Crippen molar-refractivity contribution < 1.29 is 13.3 Å². The third-order valence-electron chi connectivity index (χ3n) is 12.5. The zero-order valence-corrected chi connectivity index (χ0v) is 33.4. The number of anilines is 3. The second-order valence-corrected chi connectivity index (χ2v) is 16.0. The molecule has 3 aromatic heterocycles. The van der Waals surface area contributed by atoms with Gasteiger partial charge in [-0.05, 0) is 76.2 Å². The average Bonchev–Trinajstić information content (AvgIpc) is 4.04. The first kappa shape index (κ1) is 34.5. The highest BCUT2D eigenvalue weighted by Gasteiger charge is 2.24. The van der Waals surface area contributed by atoms with E-state index in [0.717, 1.165) is 121 Å². The van der Waals surface area contributed by atoms with Crippen LogP contribution in [0, 0.1) is 0 Å². The molecule has 0 amide bonds. The van der Waals surface area contributed by atoms with Crippen LogP contribution in [0.5, 0.6) is 0 Å². The lowest BCUT2D eigenvalue weighted by atomic mass is 9.96. The Morgan fingerprint density at radius 2 is 0.823 bits per heavy atom. The van der Waals surface area contributed by atoms with Crippen LogP contribution < -0.4 is 4.90 Å². The molecule has 10 aromatic carbocycles. The van der Waals surface area contributed by atoms with Gasteiger partial charge in [-0.3, -0.25) is 0 Å². The van der Waals surface area contributed by atoms with Crippen LogP contribution >= 0.6 is 0 Å². The molecule has 0 saturated carbocycles. The van der Waals surface area contributed by atoms with Gasteiger partial charge in [0.1, 0.15) is 27.9 Å². The fraction of sp³-hybridized carbons (Fsp3) is 0. The van der Waals surface area contributed by atoms with Crippen molar-refractivity contribution in [3.05, 3.63) is 212 Å². The molecule has 0 bridgehead atoms. The van der Waals surface area contributed by atoms with E-state index >= 15 is 0 Å². The number of para-hydroxylation sites is 4. The number of benzene rings is 10. The molecule has 0 atom stereocenters. The summed E-state index contributed by atoms with van der Waals surface area (Å²) in [7, 11) is 0. The number of furan rings is 3. The second kappa shape index (κ2) is 13.6. The SMILES string of the molecule is c1ccc(-c2ccc(N(c3cc(-c4ccc(-c5cccc6c5oc5ccccc56)cc4)c4oc5c6ccccc6ccc5c4c3)c3cccc4c3oc3ccccc34)cc2)cc1. The van der Waals surface area contributed by atoms with E-state index in [4.69, 9.17) is 13.3 Å². The number of nitrogens with zero attached hydrogens (tertiary/aromatic N) is 1. The molecule has 62 heavy (non-hydrogen) atoms. The van der Waals surface area contributed by atoms with Crippen molar-refractivity contribution in [1.82, 2.24) is 0 Å². The van der Waals surface area contributed by atoms with E-state index in [1.54, 1.807) is 0 Å². The van der Waals surface area contributed by atoms with Crippen molar-refractivity contribution in [2.75, 3.05) is 4.90 Å². The number of rotatable bonds is 6. The maximum Gasteiger partial charge on any atom is 0.159 e. The molecule has 0 aliphatic heterocycles. The Labute approximate surface area is 356 Å². The minimum Gasteiger partial charge on any atom is -0.455 e. The van der Waals surface area contributed by atoms with E-state index in [1.807, 2.05) is 24.3 Å². The predicted molar refractivity (Wildman–Crippen MR) is 257 cm³/mol. The van der Waals surface area contributed by atoms with Crippen LogP contribution in [0.3, 0.4) is 0 Å². The van der Waals surface area contributed by atoms with Gasteiger partial charge in [-0.25, -0.2) is 0 Å². The summed E-state index contributed by atoms with van der Waals surface area (Å²) >= 11 is 0. The molecule has 0 unspecified atom stereocenters. The molecule has 0 aliphatic rings. The Morgan fingerprint density at radius 1 is 0.274 bits per heavy atom. The summed E-state index contributed by atoms with van der Waals surface area (Å²) in [6.07, 6.45) is 0. The van der Waals surface area contributed by atoms with Gasteiger partial charge in [0.05, 0.1) is 5.69 Å². The van der Waals surface area contributed by atoms with Crippen LogP contribution in [0.15, 0.2) is 226 Å². The van der Waals surface area contributed by atoms with Crippen LogP contribution in [0.2, 0.25) is 0 Å². The van der Waals surface area contributed by atoms with Gasteiger partial charge in [-0.1, -0.05) is 164 Å². The largest absolute Gasteiger partial charge is 0.455 e. The van der Waals surface area contributed by atoms with Crippen molar-refractivity contribution in [3.8, 4) is 33.4 Å². The smallest absolute Gasteiger partial charge is 0.159 e. The predicted octanol–water partition coefficient (Wildman–Crippen LogP) is 17.0. The summed E-state index contributed by atoms with van der Waals surface area (Å²) in [6.45, 7) is 0. The highest BCUT2D eigenvalue weighted by molar-refractivity contribution is 6.19. The topological polar surface area (TPSA) is 42.7 Å². The number of fused-ring (bicyclic) bond motifs is 11. The number of hydrogen-bond acceptors (Lipinski definition) is 4. The Morgan fingerprint density at radius 3 is 1.58 bits per heavy atom. The maximum absolute atomic E-state index is 7.03. The molecule has 0 saturated heterocycles. The average molecular weight is 794 g/mol. The first-order valence-electron chi connectivity index (χ1n) is 21.0. The van der Waals surface area contributed by atoms with Crippen molar-refractivity contribution in [2.45, 2.75) is 0 Å². The number of hydrogen-bond donors (Lipinski definition) is 0. The summed E-state index contributed by atoms with van der Waals surface area (Å²) in [4.78, 5) is 2.33. The molecule has 3 heterocycles. The zero-order chi connectivity index (χ0) is 40.7. The van der Waals surface area contributed by atoms with Crippen LogP contribution in [-0.4, -0.2) is 0 Å². The minimum atomic E-state index is 0.828. The molecule has 4 heteroatoms. The highest BCUT2D eigenvalue weighted by atomic mass is 16.3. The van der Waals surface area contributed by atoms with Gasteiger partial charge in [-0.15, -0.1) is 0 Å². The van der Waals surface area contributed by atoms with Crippen LogP contribution in [0.1, 0.15) is 0 Å². The molecule has 0 fully saturated rings. The third-order valence-corrected chi connectivity index (χ3v) is 12.5. The van der Waals surface area contributed by atoms with Crippen LogP contribution in [-0.2, 0) is 0 Å². The van der Waals surface area contributed by atoms with Crippen molar-refractivity contribution in [3.63, 3.8) is 0 Å². The summed E-state index contributed by atoms with van der Waals surface area (Å²) < 4.78 is 20.2. The lowest BCUT2D eigenvalue weighted by Crippen LogP contribution is -2.10. The van der Waals surface area contributed by atoms with Gasteiger partial charge in [-0.2, -0.15) is 0 Å². The van der Waals surface area contributed by atoms with Crippen molar-refractivity contribution in [2.24, 2.45) is 0 Å². The van der Waals surface area contributed by atoms with E-state index in [2.05, 4.69) is 193 Å². The summed E-state index contributed by atoms with van der Waals surface area (Å²) in [5.41, 5.74) is 14.6. The molecule has 0 spiro atoms. The van der Waals surface area contributed by atoms with Crippen LogP contribution in [0.25, 0.3) is 110 Å². The molecular weight excluding hydrogens is 759 g/mol. The Bertz CT molecular complexity index is 3850. The Hall–Kier alpha value is -8.34. The summed E-state index contributed by atoms with van der Waals surface area (Å²) in [5.74, 6) is 0. The first-order chi connectivity index (χ1) is 30.7. The third kappa shape index (κ3) is 5.33. The first-order valence-corrected chi connectivity index (χ1v) is 21.0. The summed E-state index contributed by atoms with van der Waals surface area (Å²) in [5, 5.41) is 8.72. The molecule has 13 aromatic rings. The summed E-state index contributed by atoms with van der Waals surface area (Å²) in [6, 6.07) is 74.9. The molecule has 290 valence electrons. The van der Waals surface area contributed by atoms with E-state index in [9.17, 15) is 0 Å². The quantitative estimate of drug-likeness (QED) is 0.168. The van der Waals surface area contributed by atoms with E-state index in [1.165, 1.54) is 5.56 Å². The maximum atomic E-state index is 7.03. The van der Waals surface area contributed by atoms with Gasteiger partial charge in [0.25, 0.3) is 0 Å². The van der Waals surface area contributed by atoms with E-state index in [-0.39, 0.29) is 0 Å². The van der Waals surface area contributed by atoms with Gasteiger partial charge in [0, 0.05) is 60.2 Å². The molecular formula is C58H35NO3. The van der Waals surface area contributed by atoms with Gasteiger partial charge < -0.3 is 18.2 Å². The normalized spacial score (nSPS) is 11.9. The molecule has 0 aliphatic carbocycles. The highest BCUT2D eigenvalue weighted by Crippen LogP contribution is 2.48. The fourth-order valence-electron chi connectivity index (χ4n) is 9.51. The van der Waals surface area contributed by atoms with E-state index in [0.29, 0.717) is 0 Å². The van der Waals surface area contributed by atoms with Crippen molar-refractivity contribution in [1.29, 1.82) is 0 Å². The molecule has 0 radical (unpaired) electrons. The standard InChI is InChI=1S/C58H35NO3/c1-2-12-36(13-3-1)37-28-31-41(32-29-37)59(52-21-11-20-48-46-17-7-9-23-54(46)61-58(48)52)42-34-50(57-51(35-42)49-33-30-38-14-4-5-15-43(38)56(49)62-57)40-26-24-39(25-27-40)44-18-10-19-47-45-16-6-8-22-53(45)60-55(44)47/h1-35H. The van der Waals surface area contributed by atoms with Gasteiger partial charge >= 0.3 is 0 Å². The lowest BCUT2D eigenvalue weighted by molar-refractivity contribution is 0.669. The zero-order valence-electron chi connectivity index (χ0n) is 33.4.